The summed E-state index contributed by atoms with van der Waals surface area (Å²) in [7, 11) is 0. The first-order chi connectivity index (χ1) is 17.7. The highest BCUT2D eigenvalue weighted by Crippen LogP contribution is 2.42. The van der Waals surface area contributed by atoms with Crippen LogP contribution in [-0.2, 0) is 0 Å². The zero-order chi connectivity index (χ0) is 24.5. The van der Waals surface area contributed by atoms with Crippen LogP contribution in [0.5, 0.6) is 5.75 Å². The molecule has 2 aromatic heterocycles. The van der Waals surface area contributed by atoms with Crippen LogP contribution in [0.15, 0.2) is 91.3 Å². The van der Waals surface area contributed by atoms with Gasteiger partial charge >= 0.3 is 0 Å². The molecule has 2 aliphatic rings. The van der Waals surface area contributed by atoms with E-state index in [4.69, 9.17) is 17.0 Å². The summed E-state index contributed by atoms with van der Waals surface area (Å²) in [5.74, 6) is 0.625. The normalized spacial score (nSPS) is 20.0. The fourth-order valence-corrected chi connectivity index (χ4v) is 5.64. The molecule has 2 atom stereocenters. The molecular weight excluding hydrogens is 471 g/mol. The maximum Gasteiger partial charge on any atom is 0.174 e. The first kappa shape index (κ1) is 22.7. The van der Waals surface area contributed by atoms with E-state index < -0.39 is 0 Å². The van der Waals surface area contributed by atoms with Gasteiger partial charge in [-0.2, -0.15) is 0 Å². The molecule has 0 bridgehead atoms. The molecule has 7 heteroatoms. The van der Waals surface area contributed by atoms with E-state index in [2.05, 4.69) is 38.0 Å². The van der Waals surface area contributed by atoms with Crippen LogP contribution < -0.4 is 15.0 Å². The number of aromatic nitrogens is 2. The van der Waals surface area contributed by atoms with Crippen LogP contribution in [0, 0.1) is 5.82 Å². The third-order valence-electron chi connectivity index (χ3n) is 7.01. The van der Waals surface area contributed by atoms with E-state index in [9.17, 15) is 4.39 Å². The molecule has 4 aromatic rings. The number of nitrogens with zero attached hydrogens (tertiary/aromatic N) is 3. The minimum atomic E-state index is -0.260. The molecule has 182 valence electrons. The largest absolute Gasteiger partial charge is 0.490 e. The summed E-state index contributed by atoms with van der Waals surface area (Å²) in [6.07, 6.45) is 8.82. The average molecular weight is 499 g/mol. The Morgan fingerprint density at radius 1 is 0.889 bits per heavy atom. The van der Waals surface area contributed by atoms with Gasteiger partial charge in [-0.25, -0.2) is 4.39 Å². The molecule has 3 heterocycles. The van der Waals surface area contributed by atoms with Gasteiger partial charge in [0, 0.05) is 29.5 Å². The average Bonchev–Trinajstić information content (AvgIpc) is 3.66. The number of thiocarbonyl (C=S) groups is 1. The summed E-state index contributed by atoms with van der Waals surface area (Å²) in [4.78, 5) is 6.78. The van der Waals surface area contributed by atoms with Crippen molar-refractivity contribution in [2.45, 2.75) is 43.9 Å². The number of rotatable bonds is 6. The Hall–Kier alpha value is -3.71. The van der Waals surface area contributed by atoms with Gasteiger partial charge in [0.1, 0.15) is 17.6 Å². The van der Waals surface area contributed by atoms with Gasteiger partial charge in [-0.15, -0.1) is 0 Å². The third-order valence-corrected chi connectivity index (χ3v) is 7.32. The predicted octanol–water partition coefficient (Wildman–Crippen LogP) is 6.51. The standard InChI is InChI=1S/C29H27FN4OS/c30-20-10-12-21(13-11-20)33-19-5-9-26(33)28-27(25-8-3-4-18-31-25)32-29(36)34(28)22-14-16-24(17-15-22)35-23-6-1-2-7-23/h3-5,8-19,23,27-28H,1-2,6-7H2,(H,32,36). The van der Waals surface area contributed by atoms with Gasteiger partial charge in [-0.05, 0) is 111 Å². The lowest BCUT2D eigenvalue weighted by Crippen LogP contribution is -2.30. The number of nitrogens with one attached hydrogen (secondary N) is 1. The van der Waals surface area contributed by atoms with Gasteiger partial charge in [0.05, 0.1) is 17.8 Å². The Bertz CT molecular complexity index is 1330. The second-order valence-corrected chi connectivity index (χ2v) is 9.68. The molecule has 0 spiro atoms. The van der Waals surface area contributed by atoms with Crippen molar-refractivity contribution in [1.29, 1.82) is 0 Å². The van der Waals surface area contributed by atoms with Crippen molar-refractivity contribution in [3.8, 4) is 11.4 Å². The van der Waals surface area contributed by atoms with Gasteiger partial charge in [0.25, 0.3) is 0 Å². The number of ether oxygens (including phenoxy) is 1. The molecule has 1 aliphatic heterocycles. The van der Waals surface area contributed by atoms with Gasteiger partial charge in [0.2, 0.25) is 0 Å². The molecule has 0 amide bonds. The highest BCUT2D eigenvalue weighted by atomic mass is 32.1. The number of anilines is 1. The van der Waals surface area contributed by atoms with E-state index in [0.717, 1.165) is 41.4 Å². The quantitative estimate of drug-likeness (QED) is 0.307. The number of benzene rings is 2. The Balaban J connectivity index is 1.39. The van der Waals surface area contributed by atoms with Gasteiger partial charge in [-0.1, -0.05) is 6.07 Å². The second-order valence-electron chi connectivity index (χ2n) is 9.29. The predicted molar refractivity (Wildman–Crippen MR) is 143 cm³/mol. The number of pyridine rings is 1. The topological polar surface area (TPSA) is 42.3 Å². The summed E-state index contributed by atoms with van der Waals surface area (Å²) < 4.78 is 21.9. The number of halogens is 1. The molecule has 1 saturated carbocycles. The lowest BCUT2D eigenvalue weighted by atomic mass is 10.0. The van der Waals surface area contributed by atoms with Gasteiger partial charge in [0.15, 0.2) is 5.11 Å². The first-order valence-electron chi connectivity index (χ1n) is 12.4. The van der Waals surface area contributed by atoms with Crippen molar-refractivity contribution in [3.05, 3.63) is 108 Å². The molecule has 5 nitrogen and oxygen atoms in total. The van der Waals surface area contributed by atoms with Crippen LogP contribution in [0.3, 0.4) is 0 Å². The van der Waals surface area contributed by atoms with Crippen molar-refractivity contribution in [3.63, 3.8) is 0 Å². The van der Waals surface area contributed by atoms with Crippen molar-refractivity contribution >= 4 is 23.0 Å². The Morgan fingerprint density at radius 2 is 1.64 bits per heavy atom. The van der Waals surface area contributed by atoms with E-state index in [0.29, 0.717) is 11.2 Å². The Morgan fingerprint density at radius 3 is 2.36 bits per heavy atom. The molecule has 36 heavy (non-hydrogen) atoms. The maximum absolute atomic E-state index is 13.6. The number of hydrogen-bond acceptors (Lipinski definition) is 3. The minimum Gasteiger partial charge on any atom is -0.490 e. The zero-order valence-corrected chi connectivity index (χ0v) is 20.6. The highest BCUT2D eigenvalue weighted by Gasteiger charge is 2.42. The lowest BCUT2D eigenvalue weighted by Gasteiger charge is -2.29. The fraction of sp³-hybridized carbons (Fsp3) is 0.241. The van der Waals surface area contributed by atoms with E-state index in [1.165, 1.54) is 25.0 Å². The van der Waals surface area contributed by atoms with Crippen LogP contribution in [0.25, 0.3) is 5.69 Å². The SMILES string of the molecule is Fc1ccc(-n2cccc2C2C(c3ccccn3)NC(=S)N2c2ccc(OC3CCCC3)cc2)cc1. The van der Waals surface area contributed by atoms with Gasteiger partial charge < -0.3 is 19.5 Å². The van der Waals surface area contributed by atoms with Crippen LogP contribution in [-0.4, -0.2) is 20.8 Å². The Labute approximate surface area is 215 Å². The van der Waals surface area contributed by atoms with E-state index in [1.807, 2.05) is 42.6 Å². The molecule has 2 aromatic carbocycles. The number of hydrogen-bond donors (Lipinski definition) is 1. The summed E-state index contributed by atoms with van der Waals surface area (Å²) in [6.45, 7) is 0. The van der Waals surface area contributed by atoms with Crippen molar-refractivity contribution < 1.29 is 9.13 Å². The van der Waals surface area contributed by atoms with Crippen molar-refractivity contribution in [2.75, 3.05) is 4.90 Å². The lowest BCUT2D eigenvalue weighted by molar-refractivity contribution is 0.210. The summed E-state index contributed by atoms with van der Waals surface area (Å²) in [5.41, 5.74) is 3.78. The molecule has 1 N–H and O–H groups in total. The molecule has 6 rings (SSSR count). The maximum atomic E-state index is 13.6. The Kier molecular flexibility index (Phi) is 6.15. The first-order valence-corrected chi connectivity index (χ1v) is 12.8. The van der Waals surface area contributed by atoms with Crippen LogP contribution >= 0.6 is 12.2 Å². The summed E-state index contributed by atoms with van der Waals surface area (Å²) in [6, 6.07) is 24.4. The molecule has 2 unspecified atom stereocenters. The van der Waals surface area contributed by atoms with E-state index >= 15 is 0 Å². The van der Waals surface area contributed by atoms with Crippen molar-refractivity contribution in [2.24, 2.45) is 0 Å². The highest BCUT2D eigenvalue weighted by molar-refractivity contribution is 7.80. The summed E-state index contributed by atoms with van der Waals surface area (Å²) >= 11 is 5.87. The van der Waals surface area contributed by atoms with Crippen LogP contribution in [0.4, 0.5) is 10.1 Å². The second kappa shape index (κ2) is 9.74. The third kappa shape index (κ3) is 4.35. The minimum absolute atomic E-state index is 0.165. The van der Waals surface area contributed by atoms with Gasteiger partial charge in [-0.3, -0.25) is 4.98 Å². The molecular formula is C29H27FN4OS. The van der Waals surface area contributed by atoms with E-state index in [1.54, 1.807) is 18.3 Å². The monoisotopic (exact) mass is 498 g/mol. The molecule has 1 aliphatic carbocycles. The molecule has 0 radical (unpaired) electrons. The smallest absolute Gasteiger partial charge is 0.174 e. The fourth-order valence-electron chi connectivity index (χ4n) is 5.29. The summed E-state index contributed by atoms with van der Waals surface area (Å²) in [5, 5.41) is 4.14. The van der Waals surface area contributed by atoms with E-state index in [-0.39, 0.29) is 17.9 Å². The molecule has 2 fully saturated rings. The zero-order valence-electron chi connectivity index (χ0n) is 19.8. The van der Waals surface area contributed by atoms with Crippen LogP contribution in [0.1, 0.15) is 49.2 Å². The van der Waals surface area contributed by atoms with Crippen LogP contribution in [0.2, 0.25) is 0 Å². The van der Waals surface area contributed by atoms with Crippen molar-refractivity contribution in [1.82, 2.24) is 14.9 Å². The molecule has 1 saturated heterocycles.